The number of hydrogen-bond acceptors (Lipinski definition) is 6. The van der Waals surface area contributed by atoms with E-state index in [0.717, 1.165) is 5.56 Å². The van der Waals surface area contributed by atoms with Crippen LogP contribution in [0.4, 0.5) is 0 Å². The van der Waals surface area contributed by atoms with Crippen molar-refractivity contribution in [1.29, 1.82) is 0 Å². The number of hydrogen-bond donors (Lipinski definition) is 1. The van der Waals surface area contributed by atoms with Crippen LogP contribution in [0, 0.1) is 20.8 Å². The summed E-state index contributed by atoms with van der Waals surface area (Å²) in [7, 11) is -3.77. The minimum atomic E-state index is -3.77. The van der Waals surface area contributed by atoms with Crippen LogP contribution < -0.4 is 15.1 Å². The average Bonchev–Trinajstić information content (AvgIpc) is 2.68. The van der Waals surface area contributed by atoms with Crippen LogP contribution in [0.1, 0.15) is 29.7 Å². The molecule has 162 valence electrons. The van der Waals surface area contributed by atoms with Gasteiger partial charge in [0.15, 0.2) is 0 Å². The summed E-state index contributed by atoms with van der Waals surface area (Å²) in [6.45, 7) is 5.83. The van der Waals surface area contributed by atoms with Crippen molar-refractivity contribution in [3.63, 3.8) is 0 Å². The van der Waals surface area contributed by atoms with E-state index in [-0.39, 0.29) is 23.5 Å². The molecule has 1 fully saturated rings. The second kappa shape index (κ2) is 9.01. The first-order chi connectivity index (χ1) is 14.1. The molecule has 1 aromatic carbocycles. The summed E-state index contributed by atoms with van der Waals surface area (Å²) >= 11 is 0. The Bertz CT molecular complexity index is 1080. The molecule has 1 aliphatic heterocycles. The van der Waals surface area contributed by atoms with Gasteiger partial charge in [0.1, 0.15) is 17.6 Å². The summed E-state index contributed by atoms with van der Waals surface area (Å²) in [5, 5.41) is 0. The maximum atomic E-state index is 12.6. The first kappa shape index (κ1) is 22.0. The molecule has 2 heterocycles. The fourth-order valence-electron chi connectivity index (χ4n) is 3.40. The second-order valence-corrected chi connectivity index (χ2v) is 9.25. The van der Waals surface area contributed by atoms with Crippen LogP contribution in [0.15, 0.2) is 44.4 Å². The number of likely N-dealkylation sites (tertiary alicyclic amines) is 1. The van der Waals surface area contributed by atoms with Gasteiger partial charge in [-0.05, 0) is 38.0 Å². The van der Waals surface area contributed by atoms with Gasteiger partial charge in [0.05, 0.1) is 17.5 Å². The Labute approximate surface area is 175 Å². The molecule has 0 saturated carbocycles. The Kier molecular flexibility index (Phi) is 6.62. The minimum absolute atomic E-state index is 0.123. The molecular weight excluding hydrogens is 408 g/mol. The molecule has 1 N–H and O–H groups in total. The largest absolute Gasteiger partial charge is 0.490 e. The van der Waals surface area contributed by atoms with Gasteiger partial charge in [0.25, 0.3) is 0 Å². The van der Waals surface area contributed by atoms with Crippen LogP contribution in [-0.2, 0) is 14.8 Å². The van der Waals surface area contributed by atoms with Gasteiger partial charge < -0.3 is 14.1 Å². The number of nitrogens with one attached hydrogen (secondary N) is 1. The highest BCUT2D eigenvalue weighted by Crippen LogP contribution is 2.19. The molecule has 1 amide bonds. The van der Waals surface area contributed by atoms with Crippen molar-refractivity contribution in [2.75, 3.05) is 19.6 Å². The highest BCUT2D eigenvalue weighted by Gasteiger charge is 2.26. The number of sulfonamides is 1. The third-order valence-electron chi connectivity index (χ3n) is 5.01. The number of piperidine rings is 1. The molecule has 0 bridgehead atoms. The molecular formula is C21H26N2O6S. The van der Waals surface area contributed by atoms with Crippen molar-refractivity contribution in [3.8, 4) is 5.75 Å². The summed E-state index contributed by atoms with van der Waals surface area (Å²) in [5.41, 5.74) is 0.998. The lowest BCUT2D eigenvalue weighted by Crippen LogP contribution is -2.46. The molecule has 2 aromatic rings. The molecule has 8 nitrogen and oxygen atoms in total. The fourth-order valence-corrected chi connectivity index (χ4v) is 4.70. The lowest BCUT2D eigenvalue weighted by Gasteiger charge is -2.32. The number of benzene rings is 1. The molecule has 30 heavy (non-hydrogen) atoms. The van der Waals surface area contributed by atoms with Crippen LogP contribution >= 0.6 is 0 Å². The molecule has 0 radical (unpaired) electrons. The first-order valence-electron chi connectivity index (χ1n) is 9.77. The molecule has 3 rings (SSSR count). The summed E-state index contributed by atoms with van der Waals surface area (Å²) in [6.07, 6.45) is 1.06. The molecule has 1 aromatic heterocycles. The van der Waals surface area contributed by atoms with E-state index in [4.69, 9.17) is 9.15 Å². The molecule has 0 unspecified atom stereocenters. The zero-order valence-corrected chi connectivity index (χ0v) is 18.1. The van der Waals surface area contributed by atoms with Crippen LogP contribution in [0.25, 0.3) is 0 Å². The SMILES string of the molecule is Cc1ccc(C)c(S(=O)(=O)NCC(=O)N2CCC(Oc3cc(C)oc(=O)c3)CC2)c1. The zero-order valence-electron chi connectivity index (χ0n) is 17.3. The maximum Gasteiger partial charge on any atom is 0.339 e. The normalized spacial score (nSPS) is 15.2. The molecule has 0 spiro atoms. The van der Waals surface area contributed by atoms with E-state index in [0.29, 0.717) is 43.0 Å². The van der Waals surface area contributed by atoms with Gasteiger partial charge in [-0.15, -0.1) is 0 Å². The predicted octanol–water partition coefficient (Wildman–Crippen LogP) is 1.91. The second-order valence-electron chi connectivity index (χ2n) is 7.51. The van der Waals surface area contributed by atoms with Gasteiger partial charge in [0, 0.05) is 32.0 Å². The first-order valence-corrected chi connectivity index (χ1v) is 11.3. The Morgan fingerprint density at radius 3 is 2.53 bits per heavy atom. The van der Waals surface area contributed by atoms with E-state index in [1.165, 1.54) is 6.07 Å². The number of nitrogens with zero attached hydrogens (tertiary/aromatic N) is 1. The van der Waals surface area contributed by atoms with Gasteiger partial charge in [0.2, 0.25) is 15.9 Å². The van der Waals surface area contributed by atoms with Gasteiger partial charge in [-0.3, -0.25) is 4.79 Å². The molecule has 0 atom stereocenters. The van der Waals surface area contributed by atoms with E-state index < -0.39 is 15.6 Å². The Balaban J connectivity index is 1.53. The molecule has 1 aliphatic rings. The summed E-state index contributed by atoms with van der Waals surface area (Å²) in [4.78, 5) is 25.7. The van der Waals surface area contributed by atoms with Crippen molar-refractivity contribution in [1.82, 2.24) is 9.62 Å². The highest BCUT2D eigenvalue weighted by molar-refractivity contribution is 7.89. The van der Waals surface area contributed by atoms with Crippen LogP contribution in [0.5, 0.6) is 5.75 Å². The summed E-state index contributed by atoms with van der Waals surface area (Å²) in [5.74, 6) is 0.648. The van der Waals surface area contributed by atoms with Crippen LogP contribution in [-0.4, -0.2) is 45.0 Å². The molecule has 1 saturated heterocycles. The van der Waals surface area contributed by atoms with E-state index in [2.05, 4.69) is 4.72 Å². The Hall–Kier alpha value is -2.65. The summed E-state index contributed by atoms with van der Waals surface area (Å²) in [6, 6.07) is 8.13. The molecule has 9 heteroatoms. The summed E-state index contributed by atoms with van der Waals surface area (Å²) < 4.78 is 38.3. The quantitative estimate of drug-likeness (QED) is 0.745. The zero-order chi connectivity index (χ0) is 21.9. The van der Waals surface area contributed by atoms with Crippen LogP contribution in [0.2, 0.25) is 0 Å². The van der Waals surface area contributed by atoms with Crippen LogP contribution in [0.3, 0.4) is 0 Å². The minimum Gasteiger partial charge on any atom is -0.490 e. The average molecular weight is 435 g/mol. The number of amides is 1. The van der Waals surface area contributed by atoms with Gasteiger partial charge in [-0.1, -0.05) is 12.1 Å². The third kappa shape index (κ3) is 5.48. The third-order valence-corrected chi connectivity index (χ3v) is 6.55. The lowest BCUT2D eigenvalue weighted by molar-refractivity contribution is -0.131. The Morgan fingerprint density at radius 1 is 1.17 bits per heavy atom. The van der Waals surface area contributed by atoms with E-state index in [1.807, 2.05) is 13.0 Å². The standard InChI is InChI=1S/C21H26N2O6S/c1-14-4-5-15(2)19(10-14)30(26,27)22-13-20(24)23-8-6-17(7-9-23)29-18-11-16(3)28-21(25)12-18/h4-5,10-12,17,22H,6-9,13H2,1-3H3. The van der Waals surface area contributed by atoms with Crippen molar-refractivity contribution in [2.45, 2.75) is 44.6 Å². The number of rotatable bonds is 6. The smallest absolute Gasteiger partial charge is 0.339 e. The maximum absolute atomic E-state index is 12.6. The number of carbonyl (C=O) groups excluding carboxylic acids is 1. The number of ether oxygens (including phenoxy) is 1. The van der Waals surface area contributed by atoms with Crippen molar-refractivity contribution in [3.05, 3.63) is 57.6 Å². The van der Waals surface area contributed by atoms with Crippen molar-refractivity contribution in [2.24, 2.45) is 0 Å². The van der Waals surface area contributed by atoms with E-state index in [1.54, 1.807) is 36.9 Å². The predicted molar refractivity (Wildman–Crippen MR) is 111 cm³/mol. The van der Waals surface area contributed by atoms with Gasteiger partial charge >= 0.3 is 5.63 Å². The topological polar surface area (TPSA) is 106 Å². The Morgan fingerprint density at radius 2 is 1.87 bits per heavy atom. The van der Waals surface area contributed by atoms with Crippen molar-refractivity contribution < 1.29 is 22.4 Å². The number of aryl methyl sites for hydroxylation is 3. The van der Waals surface area contributed by atoms with E-state index >= 15 is 0 Å². The fraction of sp³-hybridized carbons (Fsp3) is 0.429. The highest BCUT2D eigenvalue weighted by atomic mass is 32.2. The monoisotopic (exact) mass is 434 g/mol. The van der Waals surface area contributed by atoms with E-state index in [9.17, 15) is 18.0 Å². The van der Waals surface area contributed by atoms with Gasteiger partial charge in [-0.2, -0.15) is 0 Å². The van der Waals surface area contributed by atoms with Crippen molar-refractivity contribution >= 4 is 15.9 Å². The molecule has 0 aliphatic carbocycles. The van der Waals surface area contributed by atoms with Gasteiger partial charge in [-0.25, -0.2) is 17.9 Å². The lowest BCUT2D eigenvalue weighted by atomic mass is 10.1. The number of carbonyl (C=O) groups is 1.